The van der Waals surface area contributed by atoms with Crippen molar-refractivity contribution in [3.05, 3.63) is 18.2 Å². The van der Waals surface area contributed by atoms with E-state index in [1.807, 2.05) is 6.07 Å². The molecule has 1 aliphatic heterocycles. The van der Waals surface area contributed by atoms with Crippen LogP contribution in [0.15, 0.2) is 23.2 Å². The van der Waals surface area contributed by atoms with Gasteiger partial charge in [0.1, 0.15) is 0 Å². The number of anilines is 1. The van der Waals surface area contributed by atoms with E-state index in [4.69, 9.17) is 14.2 Å². The van der Waals surface area contributed by atoms with Crippen LogP contribution in [0.25, 0.3) is 0 Å². The van der Waals surface area contributed by atoms with Gasteiger partial charge in [-0.3, -0.25) is 4.99 Å². The predicted octanol–water partition coefficient (Wildman–Crippen LogP) is 1.80. The Labute approximate surface area is 190 Å². The summed E-state index contributed by atoms with van der Waals surface area (Å²) in [7, 11) is 1.36. The summed E-state index contributed by atoms with van der Waals surface area (Å²) in [6.45, 7) is 1.24. The van der Waals surface area contributed by atoms with Crippen molar-refractivity contribution >= 4 is 45.6 Å². The van der Waals surface area contributed by atoms with Crippen molar-refractivity contribution in [3.8, 4) is 11.5 Å². The Morgan fingerprint density at radius 3 is 2.62 bits per heavy atom. The molecule has 29 heavy (non-hydrogen) atoms. The van der Waals surface area contributed by atoms with Gasteiger partial charge in [-0.05, 0) is 31.4 Å². The number of hydrogen-bond donors (Lipinski definition) is 3. The Kier molecular flexibility index (Phi) is 11.6. The van der Waals surface area contributed by atoms with Gasteiger partial charge in [0.2, 0.25) is 10.0 Å². The molecule has 0 amide bonds. The van der Waals surface area contributed by atoms with Crippen LogP contribution in [0.4, 0.5) is 5.69 Å². The highest BCUT2D eigenvalue weighted by atomic mass is 127. The van der Waals surface area contributed by atoms with Crippen molar-refractivity contribution in [1.29, 1.82) is 0 Å². The maximum Gasteiger partial charge on any atom is 0.213 e. The second-order valence-electron chi connectivity index (χ2n) is 6.35. The van der Waals surface area contributed by atoms with Gasteiger partial charge in [-0.15, -0.1) is 24.0 Å². The number of methoxy groups -OCH3 is 2. The van der Waals surface area contributed by atoms with Gasteiger partial charge in [-0.2, -0.15) is 0 Å². The first-order chi connectivity index (χ1) is 13.5. The number of rotatable bonds is 9. The number of sulfonamides is 1. The summed E-state index contributed by atoms with van der Waals surface area (Å²) in [5.74, 6) is 1.60. The Morgan fingerprint density at radius 1 is 1.24 bits per heavy atom. The number of nitrogens with zero attached hydrogens (tertiary/aromatic N) is 1. The zero-order chi connectivity index (χ0) is 20.4. The first-order valence-corrected chi connectivity index (χ1v) is 10.9. The van der Waals surface area contributed by atoms with Crippen LogP contribution in [0.5, 0.6) is 11.5 Å². The van der Waals surface area contributed by atoms with Gasteiger partial charge in [-0.1, -0.05) is 0 Å². The van der Waals surface area contributed by atoms with Gasteiger partial charge < -0.3 is 24.8 Å². The molecule has 1 aromatic rings. The highest BCUT2D eigenvalue weighted by molar-refractivity contribution is 14.0. The van der Waals surface area contributed by atoms with E-state index in [-0.39, 0.29) is 42.4 Å². The summed E-state index contributed by atoms with van der Waals surface area (Å²) in [4.78, 5) is 4.11. The van der Waals surface area contributed by atoms with Gasteiger partial charge >= 0.3 is 0 Å². The van der Waals surface area contributed by atoms with Crippen LogP contribution >= 0.6 is 24.0 Å². The second kappa shape index (κ2) is 13.1. The summed E-state index contributed by atoms with van der Waals surface area (Å²) >= 11 is 0. The van der Waals surface area contributed by atoms with Crippen molar-refractivity contribution in [2.45, 2.75) is 25.4 Å². The summed E-state index contributed by atoms with van der Waals surface area (Å²) in [5, 5.41) is 6.09. The highest BCUT2D eigenvalue weighted by Crippen LogP contribution is 2.29. The van der Waals surface area contributed by atoms with Gasteiger partial charge in [0.25, 0.3) is 0 Å². The number of benzene rings is 1. The molecule has 2 rings (SSSR count). The van der Waals surface area contributed by atoms with E-state index >= 15 is 0 Å². The quantitative estimate of drug-likeness (QED) is 0.248. The molecule has 3 N–H and O–H groups in total. The Morgan fingerprint density at radius 2 is 2.00 bits per heavy atom. The van der Waals surface area contributed by atoms with E-state index in [2.05, 4.69) is 20.3 Å². The molecule has 1 aliphatic rings. The number of hydrogen-bond acceptors (Lipinski definition) is 6. The molecule has 1 aromatic carbocycles. The molecule has 1 atom stereocenters. The Balaban J connectivity index is 0.00000420. The first kappa shape index (κ1) is 25.7. The smallest absolute Gasteiger partial charge is 0.213 e. The molecule has 0 spiro atoms. The molecule has 1 heterocycles. The van der Waals surface area contributed by atoms with Crippen LogP contribution < -0.4 is 24.8 Å². The summed E-state index contributed by atoms with van der Waals surface area (Å²) in [6.07, 6.45) is 2.98. The third kappa shape index (κ3) is 8.93. The molecule has 166 valence electrons. The normalized spacial score (nSPS) is 17.2. The van der Waals surface area contributed by atoms with E-state index in [1.165, 1.54) is 0 Å². The molecular weight excluding hydrogens is 511 g/mol. The lowest BCUT2D eigenvalue weighted by Crippen LogP contribution is -2.40. The number of nitrogens with one attached hydrogen (secondary N) is 3. The molecule has 0 aliphatic carbocycles. The largest absolute Gasteiger partial charge is 0.493 e. The van der Waals surface area contributed by atoms with Gasteiger partial charge in [-0.25, -0.2) is 13.1 Å². The van der Waals surface area contributed by atoms with Gasteiger partial charge in [0.05, 0.1) is 26.1 Å². The lowest BCUT2D eigenvalue weighted by Gasteiger charge is -2.22. The molecule has 0 aromatic heterocycles. The minimum absolute atomic E-state index is 0. The fourth-order valence-corrected chi connectivity index (χ4v) is 3.75. The van der Waals surface area contributed by atoms with Crippen molar-refractivity contribution < 1.29 is 22.6 Å². The number of ether oxygens (including phenoxy) is 3. The van der Waals surface area contributed by atoms with Crippen LogP contribution in [-0.4, -0.2) is 67.2 Å². The van der Waals surface area contributed by atoms with Crippen molar-refractivity contribution in [2.24, 2.45) is 4.99 Å². The molecule has 1 fully saturated rings. The third-order valence-electron chi connectivity index (χ3n) is 4.34. The third-order valence-corrected chi connectivity index (χ3v) is 5.69. The predicted molar refractivity (Wildman–Crippen MR) is 125 cm³/mol. The summed E-state index contributed by atoms with van der Waals surface area (Å²) in [5.41, 5.74) is 0.737. The van der Waals surface area contributed by atoms with Crippen molar-refractivity contribution in [1.82, 2.24) is 10.0 Å². The lowest BCUT2D eigenvalue weighted by atomic mass is 10.1. The van der Waals surface area contributed by atoms with E-state index in [1.54, 1.807) is 33.4 Å². The average Bonchev–Trinajstić information content (AvgIpc) is 2.72. The van der Waals surface area contributed by atoms with E-state index in [9.17, 15) is 8.42 Å². The molecule has 1 saturated heterocycles. The molecule has 0 saturated carbocycles. The van der Waals surface area contributed by atoms with Gasteiger partial charge in [0.15, 0.2) is 17.5 Å². The molecule has 0 radical (unpaired) electrons. The molecule has 11 heteroatoms. The molecule has 9 nitrogen and oxygen atoms in total. The van der Waals surface area contributed by atoms with Crippen LogP contribution in [0.2, 0.25) is 0 Å². The average molecular weight is 542 g/mol. The zero-order valence-corrected chi connectivity index (χ0v) is 20.2. The van der Waals surface area contributed by atoms with Gasteiger partial charge in [0, 0.05) is 38.5 Å². The van der Waals surface area contributed by atoms with Crippen molar-refractivity contribution in [3.63, 3.8) is 0 Å². The Hall–Kier alpha value is -1.31. The highest BCUT2D eigenvalue weighted by Gasteiger charge is 2.17. The Bertz CT molecular complexity index is 755. The summed E-state index contributed by atoms with van der Waals surface area (Å²) in [6, 6.07) is 5.36. The first-order valence-electron chi connectivity index (χ1n) is 9.26. The maximum atomic E-state index is 12.2. The lowest BCUT2D eigenvalue weighted by molar-refractivity contribution is 0.0200. The number of halogens is 1. The fraction of sp³-hybridized carbons (Fsp3) is 0.611. The van der Waals surface area contributed by atoms with E-state index < -0.39 is 10.0 Å². The number of guanidine groups is 1. The fourth-order valence-electron chi connectivity index (χ4n) is 2.79. The van der Waals surface area contributed by atoms with Crippen molar-refractivity contribution in [2.75, 3.05) is 52.0 Å². The monoisotopic (exact) mass is 542 g/mol. The molecule has 1 unspecified atom stereocenters. The summed E-state index contributed by atoms with van der Waals surface area (Å²) < 4.78 is 43.0. The second-order valence-corrected chi connectivity index (χ2v) is 8.28. The standard InChI is InChI=1S/C18H30N4O5S.HI/c1-19-18(22-14-7-8-16(25-2)17(12-14)26-3)20-9-11-28(23,24)21-13-15-6-4-5-10-27-15;/h7-8,12,15,21H,4-6,9-11,13H2,1-3H3,(H2,19,20,22);1H. The maximum absolute atomic E-state index is 12.2. The van der Waals surface area contributed by atoms with E-state index in [0.717, 1.165) is 24.9 Å². The molecule has 0 bridgehead atoms. The molecular formula is C18H31IN4O5S. The van der Waals surface area contributed by atoms with Crippen LogP contribution in [0.3, 0.4) is 0 Å². The topological polar surface area (TPSA) is 110 Å². The minimum atomic E-state index is -3.39. The SMILES string of the molecule is CN=C(NCCS(=O)(=O)NCC1CCCCO1)Nc1ccc(OC)c(OC)c1.I. The van der Waals surface area contributed by atoms with Crippen LogP contribution in [0, 0.1) is 0 Å². The van der Waals surface area contributed by atoms with Crippen LogP contribution in [-0.2, 0) is 14.8 Å². The zero-order valence-electron chi connectivity index (χ0n) is 17.1. The van der Waals surface area contributed by atoms with Crippen LogP contribution in [0.1, 0.15) is 19.3 Å². The van der Waals surface area contributed by atoms with E-state index in [0.29, 0.717) is 30.6 Å². The minimum Gasteiger partial charge on any atom is -0.493 e. The number of aliphatic imine (C=N–C) groups is 1.